The van der Waals surface area contributed by atoms with Crippen LogP contribution in [0, 0.1) is 0 Å². The maximum atomic E-state index is 11.5. The number of pyridine rings is 1. The Morgan fingerprint density at radius 2 is 1.90 bits per heavy atom. The first-order valence-electron chi connectivity index (χ1n) is 10.9. The minimum atomic E-state index is -1.02. The molecular formula is C24H28N4O2. The molecule has 1 aromatic carbocycles. The number of carbonyl (C=O) groups is 1. The quantitative estimate of drug-likeness (QED) is 0.593. The van der Waals surface area contributed by atoms with E-state index in [4.69, 9.17) is 10.1 Å². The smallest absolute Gasteiger partial charge is 0.355 e. The first kappa shape index (κ1) is 20.3. The maximum Gasteiger partial charge on any atom is 0.355 e. The number of hydrogen-bond donors (Lipinski definition) is 1. The normalized spacial score (nSPS) is 14.7. The zero-order valence-electron chi connectivity index (χ0n) is 17.4. The van der Waals surface area contributed by atoms with Crippen LogP contribution in [0.3, 0.4) is 0 Å². The molecule has 0 radical (unpaired) electrons. The second-order valence-electron chi connectivity index (χ2n) is 8.03. The number of aryl methyl sites for hydroxylation is 1. The van der Waals surface area contributed by atoms with E-state index < -0.39 is 5.97 Å². The minimum absolute atomic E-state index is 0.0730. The van der Waals surface area contributed by atoms with E-state index in [-0.39, 0.29) is 5.69 Å². The fraction of sp³-hybridized carbons (Fsp3) is 0.417. The third kappa shape index (κ3) is 4.42. The molecule has 6 heteroatoms. The zero-order valence-corrected chi connectivity index (χ0v) is 17.4. The first-order valence-corrected chi connectivity index (χ1v) is 10.9. The highest BCUT2D eigenvalue weighted by atomic mass is 16.4. The third-order valence-corrected chi connectivity index (χ3v) is 5.82. The largest absolute Gasteiger partial charge is 0.476 e. The van der Waals surface area contributed by atoms with Gasteiger partial charge in [0, 0.05) is 24.1 Å². The van der Waals surface area contributed by atoms with Crippen molar-refractivity contribution in [3.8, 4) is 11.1 Å². The van der Waals surface area contributed by atoms with Crippen LogP contribution in [0.4, 0.5) is 0 Å². The lowest BCUT2D eigenvalue weighted by Gasteiger charge is -2.18. The molecule has 3 aromatic rings. The SMILES string of the molecule is CCCc1nc(C2CCCCC2)nn1Cc1ccc(-c2cccnc2C(=O)O)cc1. The molecule has 156 valence electrons. The van der Waals surface area contributed by atoms with Crippen molar-refractivity contribution in [3.05, 3.63) is 65.5 Å². The number of aromatic nitrogens is 4. The van der Waals surface area contributed by atoms with Gasteiger partial charge >= 0.3 is 5.97 Å². The zero-order chi connectivity index (χ0) is 20.9. The molecule has 2 aromatic heterocycles. The summed E-state index contributed by atoms with van der Waals surface area (Å²) in [6.07, 6.45) is 9.74. The molecule has 0 spiro atoms. The number of aromatic carboxylic acids is 1. The summed E-state index contributed by atoms with van der Waals surface area (Å²) >= 11 is 0. The van der Waals surface area contributed by atoms with E-state index in [0.717, 1.165) is 35.6 Å². The monoisotopic (exact) mass is 404 g/mol. The van der Waals surface area contributed by atoms with Gasteiger partial charge in [0.05, 0.1) is 6.54 Å². The maximum absolute atomic E-state index is 11.5. The van der Waals surface area contributed by atoms with Gasteiger partial charge in [-0.3, -0.25) is 0 Å². The van der Waals surface area contributed by atoms with Crippen molar-refractivity contribution < 1.29 is 9.90 Å². The van der Waals surface area contributed by atoms with Gasteiger partial charge in [-0.1, -0.05) is 56.5 Å². The first-order chi connectivity index (χ1) is 14.7. The Morgan fingerprint density at radius 3 is 2.60 bits per heavy atom. The molecule has 2 heterocycles. The van der Waals surface area contributed by atoms with Crippen molar-refractivity contribution in [2.24, 2.45) is 0 Å². The van der Waals surface area contributed by atoms with Crippen molar-refractivity contribution in [3.63, 3.8) is 0 Å². The summed E-state index contributed by atoms with van der Waals surface area (Å²) in [6.45, 7) is 2.84. The van der Waals surface area contributed by atoms with Gasteiger partial charge in [-0.15, -0.1) is 0 Å². The van der Waals surface area contributed by atoms with Gasteiger partial charge in [0.15, 0.2) is 11.5 Å². The Hall–Kier alpha value is -3.02. The van der Waals surface area contributed by atoms with Gasteiger partial charge in [0.25, 0.3) is 0 Å². The number of rotatable bonds is 7. The van der Waals surface area contributed by atoms with Crippen LogP contribution in [0.2, 0.25) is 0 Å². The van der Waals surface area contributed by atoms with E-state index in [1.54, 1.807) is 12.1 Å². The molecule has 0 aliphatic heterocycles. The summed E-state index contributed by atoms with van der Waals surface area (Å²) in [5.41, 5.74) is 2.67. The van der Waals surface area contributed by atoms with E-state index in [0.29, 0.717) is 18.0 Å². The summed E-state index contributed by atoms with van der Waals surface area (Å²) in [6, 6.07) is 11.5. The molecule has 4 rings (SSSR count). The van der Waals surface area contributed by atoms with Gasteiger partial charge in [0.2, 0.25) is 0 Å². The minimum Gasteiger partial charge on any atom is -0.476 e. The lowest BCUT2D eigenvalue weighted by molar-refractivity contribution is 0.0691. The Labute approximate surface area is 177 Å². The highest BCUT2D eigenvalue weighted by Crippen LogP contribution is 2.31. The summed E-state index contributed by atoms with van der Waals surface area (Å²) < 4.78 is 2.05. The summed E-state index contributed by atoms with van der Waals surface area (Å²) in [5, 5.41) is 14.3. The Morgan fingerprint density at radius 1 is 1.13 bits per heavy atom. The molecule has 1 N–H and O–H groups in total. The van der Waals surface area contributed by atoms with Crippen LogP contribution in [0.25, 0.3) is 11.1 Å². The molecule has 30 heavy (non-hydrogen) atoms. The molecule has 1 saturated carbocycles. The van der Waals surface area contributed by atoms with Crippen molar-refractivity contribution in [2.75, 3.05) is 0 Å². The van der Waals surface area contributed by atoms with Gasteiger partial charge in [-0.05, 0) is 36.5 Å². The van der Waals surface area contributed by atoms with E-state index in [2.05, 4.69) is 16.6 Å². The van der Waals surface area contributed by atoms with Gasteiger partial charge in [-0.2, -0.15) is 5.10 Å². The van der Waals surface area contributed by atoms with Crippen molar-refractivity contribution in [2.45, 2.75) is 64.3 Å². The molecule has 6 nitrogen and oxygen atoms in total. The van der Waals surface area contributed by atoms with E-state index in [1.807, 2.05) is 24.3 Å². The van der Waals surface area contributed by atoms with E-state index in [1.165, 1.54) is 38.3 Å². The summed E-state index contributed by atoms with van der Waals surface area (Å²) in [7, 11) is 0. The van der Waals surface area contributed by atoms with E-state index in [9.17, 15) is 9.90 Å². The lowest BCUT2D eigenvalue weighted by Crippen LogP contribution is -2.09. The van der Waals surface area contributed by atoms with Gasteiger partial charge in [0.1, 0.15) is 5.82 Å². The topological polar surface area (TPSA) is 80.9 Å². The predicted octanol–water partition coefficient (Wildman–Crippen LogP) is 5.09. The third-order valence-electron chi connectivity index (χ3n) is 5.82. The van der Waals surface area contributed by atoms with Crippen LogP contribution < -0.4 is 0 Å². The predicted molar refractivity (Wildman–Crippen MR) is 116 cm³/mol. The molecule has 1 fully saturated rings. The fourth-order valence-corrected chi connectivity index (χ4v) is 4.23. The van der Waals surface area contributed by atoms with Crippen molar-refractivity contribution in [1.29, 1.82) is 0 Å². The van der Waals surface area contributed by atoms with Gasteiger partial charge in [-0.25, -0.2) is 19.4 Å². The molecular weight excluding hydrogens is 376 g/mol. The van der Waals surface area contributed by atoms with Crippen LogP contribution in [0.15, 0.2) is 42.6 Å². The van der Waals surface area contributed by atoms with Crippen LogP contribution >= 0.6 is 0 Å². The van der Waals surface area contributed by atoms with Crippen molar-refractivity contribution in [1.82, 2.24) is 19.7 Å². The average Bonchev–Trinajstić information content (AvgIpc) is 3.17. The second-order valence-corrected chi connectivity index (χ2v) is 8.03. The molecule has 0 atom stereocenters. The second kappa shape index (κ2) is 9.20. The lowest BCUT2D eigenvalue weighted by atomic mass is 9.89. The van der Waals surface area contributed by atoms with E-state index >= 15 is 0 Å². The van der Waals surface area contributed by atoms with Crippen LogP contribution in [0.5, 0.6) is 0 Å². The standard InChI is InChI=1S/C24H28N4O2/c1-2-7-21-26-23(19-8-4-3-5-9-19)27-28(21)16-17-11-13-18(14-12-17)20-10-6-15-25-22(20)24(29)30/h6,10-15,19H,2-5,7-9,16H2,1H3,(H,29,30). The van der Waals surface area contributed by atoms with Crippen molar-refractivity contribution >= 4 is 5.97 Å². The van der Waals surface area contributed by atoms with Gasteiger partial charge < -0.3 is 5.11 Å². The molecule has 0 saturated heterocycles. The van der Waals surface area contributed by atoms with Crippen LogP contribution in [0.1, 0.15) is 79.1 Å². The highest BCUT2D eigenvalue weighted by molar-refractivity contribution is 5.93. The fourth-order valence-electron chi connectivity index (χ4n) is 4.23. The number of carboxylic acid groups (broad SMARTS) is 1. The molecule has 1 aliphatic rings. The summed E-state index contributed by atoms with van der Waals surface area (Å²) in [4.78, 5) is 20.4. The number of hydrogen-bond acceptors (Lipinski definition) is 4. The number of carboxylic acids is 1. The molecule has 0 bridgehead atoms. The van der Waals surface area contributed by atoms with Crippen LogP contribution in [-0.4, -0.2) is 30.8 Å². The number of nitrogens with zero attached hydrogens (tertiary/aromatic N) is 4. The van der Waals surface area contributed by atoms with Crippen LogP contribution in [-0.2, 0) is 13.0 Å². The Bertz CT molecular complexity index is 1000. The molecule has 0 unspecified atom stereocenters. The highest BCUT2D eigenvalue weighted by Gasteiger charge is 2.21. The molecule has 1 aliphatic carbocycles. The summed E-state index contributed by atoms with van der Waals surface area (Å²) in [5.74, 6) is 1.55. The Balaban J connectivity index is 1.56. The average molecular weight is 405 g/mol. The molecule has 0 amide bonds. The number of benzene rings is 1. The Kier molecular flexibility index (Phi) is 6.21.